The Balaban J connectivity index is 0.985. The Kier molecular flexibility index (Phi) is 7.14. The Bertz CT molecular complexity index is 3150. The highest BCUT2D eigenvalue weighted by Crippen LogP contribution is 2.62. The summed E-state index contributed by atoms with van der Waals surface area (Å²) in [6.45, 7) is 0. The van der Waals surface area contributed by atoms with E-state index in [0.717, 1.165) is 67.2 Å². The molecule has 58 heavy (non-hydrogen) atoms. The zero-order valence-electron chi connectivity index (χ0n) is 31.5. The normalized spacial score (nSPS) is 13.1. The van der Waals surface area contributed by atoms with Gasteiger partial charge in [0.25, 0.3) is 0 Å². The molecule has 12 rings (SSSR count). The number of fused-ring (bicyclic) bond motifs is 12. The van der Waals surface area contributed by atoms with E-state index in [4.69, 9.17) is 9.15 Å². The number of furan rings is 1. The monoisotopic (exact) mass is 741 g/mol. The molecule has 1 aliphatic heterocycles. The minimum absolute atomic E-state index is 0.509. The lowest BCUT2D eigenvalue weighted by atomic mass is 9.66. The van der Waals surface area contributed by atoms with Gasteiger partial charge < -0.3 is 14.1 Å². The zero-order chi connectivity index (χ0) is 38.2. The molecule has 0 saturated heterocycles. The summed E-state index contributed by atoms with van der Waals surface area (Å²) in [5, 5.41) is 2.23. The quantitative estimate of drug-likeness (QED) is 0.176. The Morgan fingerprint density at radius 3 is 1.57 bits per heavy atom. The number of hydrogen-bond donors (Lipinski definition) is 0. The van der Waals surface area contributed by atoms with Crippen molar-refractivity contribution >= 4 is 39.0 Å². The van der Waals surface area contributed by atoms with E-state index in [0.29, 0.717) is 0 Å². The van der Waals surface area contributed by atoms with E-state index >= 15 is 0 Å². The van der Waals surface area contributed by atoms with Gasteiger partial charge in [0, 0.05) is 45.0 Å². The summed E-state index contributed by atoms with van der Waals surface area (Å²) in [6, 6.07) is 76.0. The summed E-state index contributed by atoms with van der Waals surface area (Å²) in [5.74, 6) is 1.79. The molecule has 1 aromatic heterocycles. The highest BCUT2D eigenvalue weighted by molar-refractivity contribution is 6.06. The summed E-state index contributed by atoms with van der Waals surface area (Å²) < 4.78 is 13.1. The number of benzene rings is 9. The van der Waals surface area contributed by atoms with E-state index < -0.39 is 5.41 Å². The second kappa shape index (κ2) is 12.7. The average Bonchev–Trinajstić information content (AvgIpc) is 3.81. The molecule has 10 aromatic rings. The van der Waals surface area contributed by atoms with Gasteiger partial charge in [-0.2, -0.15) is 0 Å². The van der Waals surface area contributed by atoms with Crippen molar-refractivity contribution < 1.29 is 9.15 Å². The van der Waals surface area contributed by atoms with Crippen LogP contribution in [0.5, 0.6) is 11.5 Å². The number of para-hydroxylation sites is 2. The van der Waals surface area contributed by atoms with Crippen molar-refractivity contribution in [3.05, 3.63) is 235 Å². The Morgan fingerprint density at radius 2 is 0.845 bits per heavy atom. The second-order valence-corrected chi connectivity index (χ2v) is 15.2. The number of nitrogens with zero attached hydrogens (tertiary/aromatic N) is 1. The summed E-state index contributed by atoms with van der Waals surface area (Å²) in [7, 11) is 0. The molecule has 272 valence electrons. The second-order valence-electron chi connectivity index (χ2n) is 15.2. The van der Waals surface area contributed by atoms with Gasteiger partial charge in [-0.05, 0) is 105 Å². The fourth-order valence-corrected chi connectivity index (χ4v) is 9.57. The molecule has 2 aliphatic rings. The minimum atomic E-state index is -0.509. The molecule has 1 spiro atoms. The molecule has 1 aliphatic carbocycles. The summed E-state index contributed by atoms with van der Waals surface area (Å²) in [4.78, 5) is 2.31. The molecule has 0 unspecified atom stereocenters. The van der Waals surface area contributed by atoms with E-state index in [-0.39, 0.29) is 0 Å². The SMILES string of the molecule is c1ccc(-c2ccc(N(c3ccc(-c4ccc5c(c4)C4(c6ccccc6O5)c5ccccc5-c5ccccc54)cc3)c3ccc4c(c3)oc3ccccc34)cc2)cc1. The Morgan fingerprint density at radius 1 is 0.328 bits per heavy atom. The first-order valence-corrected chi connectivity index (χ1v) is 19.8. The molecule has 0 radical (unpaired) electrons. The largest absolute Gasteiger partial charge is 0.457 e. The van der Waals surface area contributed by atoms with Crippen molar-refractivity contribution in [1.29, 1.82) is 0 Å². The van der Waals surface area contributed by atoms with E-state index in [1.54, 1.807) is 0 Å². The van der Waals surface area contributed by atoms with Gasteiger partial charge >= 0.3 is 0 Å². The Hall–Kier alpha value is -7.62. The van der Waals surface area contributed by atoms with E-state index in [1.165, 1.54) is 38.9 Å². The third-order valence-electron chi connectivity index (χ3n) is 12.2. The number of ether oxygens (including phenoxy) is 1. The van der Waals surface area contributed by atoms with Crippen molar-refractivity contribution in [1.82, 2.24) is 0 Å². The van der Waals surface area contributed by atoms with E-state index in [1.807, 2.05) is 12.1 Å². The molecule has 9 aromatic carbocycles. The van der Waals surface area contributed by atoms with Crippen LogP contribution < -0.4 is 9.64 Å². The van der Waals surface area contributed by atoms with Gasteiger partial charge in [0.05, 0.1) is 5.41 Å². The lowest BCUT2D eigenvalue weighted by Crippen LogP contribution is -2.32. The summed E-state index contributed by atoms with van der Waals surface area (Å²) >= 11 is 0. The van der Waals surface area contributed by atoms with Crippen LogP contribution in [0.2, 0.25) is 0 Å². The van der Waals surface area contributed by atoms with Crippen LogP contribution in [0.1, 0.15) is 22.3 Å². The molecule has 0 saturated carbocycles. The van der Waals surface area contributed by atoms with Crippen LogP contribution >= 0.6 is 0 Å². The van der Waals surface area contributed by atoms with Gasteiger partial charge in [-0.15, -0.1) is 0 Å². The summed E-state index contributed by atoms with van der Waals surface area (Å²) in [5.41, 5.74) is 16.5. The highest BCUT2D eigenvalue weighted by atomic mass is 16.5. The molecule has 3 heteroatoms. The van der Waals surface area contributed by atoms with Gasteiger partial charge in [0.2, 0.25) is 0 Å². The fraction of sp³-hybridized carbons (Fsp3) is 0.0182. The highest BCUT2D eigenvalue weighted by Gasteiger charge is 2.51. The van der Waals surface area contributed by atoms with Crippen LogP contribution in [0.3, 0.4) is 0 Å². The van der Waals surface area contributed by atoms with Crippen molar-refractivity contribution in [2.75, 3.05) is 4.90 Å². The van der Waals surface area contributed by atoms with Crippen molar-refractivity contribution in [2.45, 2.75) is 5.41 Å². The van der Waals surface area contributed by atoms with Gasteiger partial charge in [-0.25, -0.2) is 0 Å². The smallest absolute Gasteiger partial charge is 0.137 e. The maximum absolute atomic E-state index is 6.71. The zero-order valence-corrected chi connectivity index (χ0v) is 31.5. The molecule has 0 N–H and O–H groups in total. The Labute approximate surface area is 336 Å². The first kappa shape index (κ1) is 32.6. The molecule has 0 fully saturated rings. The van der Waals surface area contributed by atoms with Crippen molar-refractivity contribution in [2.24, 2.45) is 0 Å². The molecule has 2 heterocycles. The van der Waals surface area contributed by atoms with Gasteiger partial charge in [0.1, 0.15) is 22.7 Å². The first-order chi connectivity index (χ1) is 28.7. The lowest BCUT2D eigenvalue weighted by Gasteiger charge is -2.39. The van der Waals surface area contributed by atoms with E-state index in [9.17, 15) is 0 Å². The topological polar surface area (TPSA) is 25.6 Å². The van der Waals surface area contributed by atoms with Crippen LogP contribution in [0.25, 0.3) is 55.3 Å². The van der Waals surface area contributed by atoms with Crippen LogP contribution in [0.4, 0.5) is 17.1 Å². The lowest BCUT2D eigenvalue weighted by molar-refractivity contribution is 0.436. The molecular formula is C55H35NO2. The minimum Gasteiger partial charge on any atom is -0.457 e. The molecule has 3 nitrogen and oxygen atoms in total. The number of anilines is 3. The predicted octanol–water partition coefficient (Wildman–Crippen LogP) is 14.9. The molecule has 0 bridgehead atoms. The number of rotatable bonds is 5. The third-order valence-corrected chi connectivity index (χ3v) is 12.2. The number of hydrogen-bond acceptors (Lipinski definition) is 3. The molecular weight excluding hydrogens is 707 g/mol. The maximum atomic E-state index is 6.71. The van der Waals surface area contributed by atoms with E-state index in [2.05, 4.69) is 205 Å². The standard InChI is InChI=1S/C55H35NO2/c1-2-12-36(13-3-1)37-22-27-40(28-23-37)56(42-31-32-46-45-16-6-10-20-51(45)57-54(46)35-42)41-29-24-38(25-30-41)39-26-33-53-50(34-39)55(49-19-9-11-21-52(49)58-53)47-17-7-4-14-43(47)44-15-5-8-18-48(44)55/h1-35H. The van der Waals surface area contributed by atoms with Crippen LogP contribution in [-0.4, -0.2) is 0 Å². The summed E-state index contributed by atoms with van der Waals surface area (Å²) in [6.07, 6.45) is 0. The van der Waals surface area contributed by atoms with Gasteiger partial charge in [-0.1, -0.05) is 146 Å². The molecule has 0 atom stereocenters. The maximum Gasteiger partial charge on any atom is 0.137 e. The average molecular weight is 742 g/mol. The fourth-order valence-electron chi connectivity index (χ4n) is 9.57. The predicted molar refractivity (Wildman–Crippen MR) is 237 cm³/mol. The third kappa shape index (κ3) is 4.80. The van der Waals surface area contributed by atoms with Gasteiger partial charge in [-0.3, -0.25) is 0 Å². The van der Waals surface area contributed by atoms with Crippen LogP contribution in [0, 0.1) is 0 Å². The van der Waals surface area contributed by atoms with Crippen LogP contribution in [0.15, 0.2) is 217 Å². The van der Waals surface area contributed by atoms with Gasteiger partial charge in [0.15, 0.2) is 0 Å². The van der Waals surface area contributed by atoms with Crippen LogP contribution in [-0.2, 0) is 5.41 Å². The first-order valence-electron chi connectivity index (χ1n) is 19.8. The molecule has 0 amide bonds. The van der Waals surface area contributed by atoms with Crippen molar-refractivity contribution in [3.63, 3.8) is 0 Å². The van der Waals surface area contributed by atoms with Crippen molar-refractivity contribution in [3.8, 4) is 44.9 Å².